The van der Waals surface area contributed by atoms with E-state index in [1.165, 1.54) is 17.4 Å². The summed E-state index contributed by atoms with van der Waals surface area (Å²) in [7, 11) is 0. The van der Waals surface area contributed by atoms with Crippen molar-refractivity contribution < 1.29 is 4.92 Å². The van der Waals surface area contributed by atoms with Gasteiger partial charge >= 0.3 is 5.00 Å². The highest BCUT2D eigenvalue weighted by molar-refractivity contribution is 7.15. The molecular formula is C11H11N3O2S. The maximum absolute atomic E-state index is 10.5. The lowest BCUT2D eigenvalue weighted by Gasteiger charge is -2.01. The predicted molar refractivity (Wildman–Crippen MR) is 65.8 cm³/mol. The van der Waals surface area contributed by atoms with E-state index in [0.29, 0.717) is 6.54 Å². The summed E-state index contributed by atoms with van der Waals surface area (Å²) in [5.74, 6) is 0. The second-order valence-corrected chi connectivity index (χ2v) is 4.60. The minimum atomic E-state index is -0.364. The van der Waals surface area contributed by atoms with Crippen molar-refractivity contribution in [3.8, 4) is 0 Å². The summed E-state index contributed by atoms with van der Waals surface area (Å²) in [6.07, 6.45) is 3.49. The maximum atomic E-state index is 10.5. The molecule has 0 aromatic carbocycles. The molecule has 0 aliphatic heterocycles. The monoisotopic (exact) mass is 249 g/mol. The Kier molecular flexibility index (Phi) is 3.79. The first kappa shape index (κ1) is 11.7. The Morgan fingerprint density at radius 2 is 2.00 bits per heavy atom. The van der Waals surface area contributed by atoms with E-state index >= 15 is 0 Å². The van der Waals surface area contributed by atoms with Crippen LogP contribution in [0, 0.1) is 10.1 Å². The van der Waals surface area contributed by atoms with E-state index in [1.807, 2.05) is 12.1 Å². The van der Waals surface area contributed by atoms with Crippen molar-refractivity contribution in [2.45, 2.75) is 13.1 Å². The first-order valence-corrected chi connectivity index (χ1v) is 5.90. The molecule has 0 atom stereocenters. The molecule has 2 aromatic rings. The summed E-state index contributed by atoms with van der Waals surface area (Å²) in [6, 6.07) is 7.18. The average Bonchev–Trinajstić information content (AvgIpc) is 2.79. The zero-order valence-electron chi connectivity index (χ0n) is 9.00. The second-order valence-electron chi connectivity index (χ2n) is 3.46. The highest BCUT2D eigenvalue weighted by Crippen LogP contribution is 2.23. The fourth-order valence-electron chi connectivity index (χ4n) is 1.39. The van der Waals surface area contributed by atoms with Crippen LogP contribution in [0.2, 0.25) is 0 Å². The van der Waals surface area contributed by atoms with Gasteiger partial charge in [-0.3, -0.25) is 15.1 Å². The van der Waals surface area contributed by atoms with Crippen LogP contribution in [0.3, 0.4) is 0 Å². The molecule has 0 aliphatic carbocycles. The molecule has 1 N–H and O–H groups in total. The molecule has 0 aliphatic rings. The van der Waals surface area contributed by atoms with Gasteiger partial charge in [-0.15, -0.1) is 0 Å². The van der Waals surface area contributed by atoms with Crippen LogP contribution in [0.4, 0.5) is 5.00 Å². The number of hydrogen-bond donors (Lipinski definition) is 1. The van der Waals surface area contributed by atoms with Crippen molar-refractivity contribution in [1.82, 2.24) is 10.3 Å². The first-order valence-electron chi connectivity index (χ1n) is 5.08. The van der Waals surface area contributed by atoms with E-state index in [0.717, 1.165) is 17.0 Å². The van der Waals surface area contributed by atoms with Crippen molar-refractivity contribution in [2.24, 2.45) is 0 Å². The standard InChI is InChI=1S/C11H11N3O2S/c15-14(16)11-2-1-10(17-11)8-13-7-9-3-5-12-6-4-9/h1-6,13H,7-8H2. The van der Waals surface area contributed by atoms with E-state index in [2.05, 4.69) is 10.3 Å². The lowest BCUT2D eigenvalue weighted by molar-refractivity contribution is -0.380. The Morgan fingerprint density at radius 3 is 2.65 bits per heavy atom. The number of hydrogen-bond acceptors (Lipinski definition) is 5. The Balaban J connectivity index is 1.84. The molecule has 2 aromatic heterocycles. The molecule has 5 nitrogen and oxygen atoms in total. The van der Waals surface area contributed by atoms with Gasteiger partial charge in [-0.1, -0.05) is 11.3 Å². The number of aromatic nitrogens is 1. The molecule has 0 amide bonds. The van der Waals surface area contributed by atoms with Crippen molar-refractivity contribution in [3.05, 3.63) is 57.2 Å². The lowest BCUT2D eigenvalue weighted by Crippen LogP contribution is -2.11. The van der Waals surface area contributed by atoms with Crippen LogP contribution in [0.1, 0.15) is 10.4 Å². The number of pyridine rings is 1. The summed E-state index contributed by atoms with van der Waals surface area (Å²) in [4.78, 5) is 15.0. The number of nitrogens with one attached hydrogen (secondary N) is 1. The summed E-state index contributed by atoms with van der Waals surface area (Å²) in [5.41, 5.74) is 1.14. The van der Waals surface area contributed by atoms with Crippen LogP contribution >= 0.6 is 11.3 Å². The van der Waals surface area contributed by atoms with Gasteiger partial charge < -0.3 is 5.32 Å². The van der Waals surface area contributed by atoms with Crippen LogP contribution in [0.5, 0.6) is 0 Å². The fraction of sp³-hybridized carbons (Fsp3) is 0.182. The van der Waals surface area contributed by atoms with E-state index < -0.39 is 0 Å². The van der Waals surface area contributed by atoms with Crippen LogP contribution in [-0.2, 0) is 13.1 Å². The smallest absolute Gasteiger partial charge is 0.308 e. The topological polar surface area (TPSA) is 68.1 Å². The summed E-state index contributed by atoms with van der Waals surface area (Å²) >= 11 is 1.20. The highest BCUT2D eigenvalue weighted by Gasteiger charge is 2.08. The lowest BCUT2D eigenvalue weighted by atomic mass is 10.3. The Bertz CT molecular complexity index is 498. The molecule has 0 radical (unpaired) electrons. The Hall–Kier alpha value is -1.79. The highest BCUT2D eigenvalue weighted by atomic mass is 32.1. The van der Waals surface area contributed by atoms with Crippen molar-refractivity contribution in [1.29, 1.82) is 0 Å². The number of thiophene rings is 1. The van der Waals surface area contributed by atoms with Gasteiger partial charge in [0.05, 0.1) is 4.92 Å². The molecule has 0 saturated carbocycles. The van der Waals surface area contributed by atoms with Gasteiger partial charge in [0.1, 0.15) is 0 Å². The fourth-order valence-corrected chi connectivity index (χ4v) is 2.18. The average molecular weight is 249 g/mol. The summed E-state index contributed by atoms with van der Waals surface area (Å²) < 4.78 is 0. The largest absolute Gasteiger partial charge is 0.324 e. The van der Waals surface area contributed by atoms with Gasteiger partial charge in [-0.05, 0) is 23.8 Å². The van der Waals surface area contributed by atoms with Gasteiger partial charge in [0, 0.05) is 36.4 Å². The summed E-state index contributed by atoms with van der Waals surface area (Å²) in [6.45, 7) is 1.37. The first-order chi connectivity index (χ1) is 8.25. The van der Waals surface area contributed by atoms with E-state index in [9.17, 15) is 10.1 Å². The molecule has 0 bridgehead atoms. The SMILES string of the molecule is O=[N+]([O-])c1ccc(CNCc2ccncc2)s1. The van der Waals surface area contributed by atoms with Crippen molar-refractivity contribution in [2.75, 3.05) is 0 Å². The third-order valence-corrected chi connectivity index (χ3v) is 3.24. The van der Waals surface area contributed by atoms with Crippen LogP contribution in [0.25, 0.3) is 0 Å². The van der Waals surface area contributed by atoms with Crippen molar-refractivity contribution in [3.63, 3.8) is 0 Å². The Morgan fingerprint density at radius 1 is 1.24 bits per heavy atom. The third-order valence-electron chi connectivity index (χ3n) is 2.21. The van der Waals surface area contributed by atoms with E-state index in [-0.39, 0.29) is 9.92 Å². The normalized spacial score (nSPS) is 10.4. The minimum Gasteiger partial charge on any atom is -0.308 e. The van der Waals surface area contributed by atoms with Crippen molar-refractivity contribution >= 4 is 16.3 Å². The Labute approximate surface area is 102 Å². The number of nitro groups is 1. The minimum absolute atomic E-state index is 0.186. The van der Waals surface area contributed by atoms with Gasteiger partial charge in [-0.2, -0.15) is 0 Å². The molecule has 0 saturated heterocycles. The molecule has 0 spiro atoms. The molecule has 2 rings (SSSR count). The predicted octanol–water partition coefficient (Wildman–Crippen LogP) is 2.34. The zero-order valence-corrected chi connectivity index (χ0v) is 9.81. The molecule has 2 heterocycles. The third kappa shape index (κ3) is 3.33. The molecule has 17 heavy (non-hydrogen) atoms. The zero-order chi connectivity index (χ0) is 12.1. The quantitative estimate of drug-likeness (QED) is 0.652. The molecule has 88 valence electrons. The van der Waals surface area contributed by atoms with Crippen LogP contribution in [-0.4, -0.2) is 9.91 Å². The van der Waals surface area contributed by atoms with Gasteiger partial charge in [0.25, 0.3) is 0 Å². The number of rotatable bonds is 5. The van der Waals surface area contributed by atoms with Crippen LogP contribution in [0.15, 0.2) is 36.7 Å². The van der Waals surface area contributed by atoms with E-state index in [1.54, 1.807) is 18.5 Å². The molecular weight excluding hydrogens is 238 g/mol. The van der Waals surface area contributed by atoms with Gasteiger partial charge in [-0.25, -0.2) is 0 Å². The molecule has 0 unspecified atom stereocenters. The van der Waals surface area contributed by atoms with Gasteiger partial charge in [0.2, 0.25) is 0 Å². The molecule has 6 heteroatoms. The number of nitrogens with zero attached hydrogens (tertiary/aromatic N) is 2. The maximum Gasteiger partial charge on any atom is 0.324 e. The van der Waals surface area contributed by atoms with E-state index in [4.69, 9.17) is 0 Å². The second kappa shape index (κ2) is 5.51. The molecule has 0 fully saturated rings. The van der Waals surface area contributed by atoms with Gasteiger partial charge in [0.15, 0.2) is 0 Å². The summed E-state index contributed by atoms with van der Waals surface area (Å²) in [5, 5.41) is 13.9. The van der Waals surface area contributed by atoms with Crippen LogP contribution < -0.4 is 5.32 Å².